The van der Waals surface area contributed by atoms with Crippen LogP contribution in [0.5, 0.6) is 0 Å². The Bertz CT molecular complexity index is 1130. The first kappa shape index (κ1) is 16.0. The Morgan fingerprint density at radius 1 is 0.923 bits per heavy atom. The quantitative estimate of drug-likeness (QED) is 0.570. The SMILES string of the molecule is Cc1ccc(C)c(-n2nccc2-c2nn(-c3ccccc3)ccc2=O)c1. The summed E-state index contributed by atoms with van der Waals surface area (Å²) in [5.41, 5.74) is 4.97. The molecule has 0 N–H and O–H groups in total. The average molecular weight is 342 g/mol. The summed E-state index contributed by atoms with van der Waals surface area (Å²) in [5, 5.41) is 9.00. The van der Waals surface area contributed by atoms with Crippen molar-refractivity contribution in [3.8, 4) is 22.8 Å². The molecular weight excluding hydrogens is 324 g/mol. The number of aryl methyl sites for hydroxylation is 2. The van der Waals surface area contributed by atoms with Gasteiger partial charge in [-0.3, -0.25) is 4.79 Å². The van der Waals surface area contributed by atoms with Gasteiger partial charge in [0.15, 0.2) is 5.69 Å². The molecule has 2 aromatic heterocycles. The molecule has 26 heavy (non-hydrogen) atoms. The molecule has 0 unspecified atom stereocenters. The second-order valence-electron chi connectivity index (χ2n) is 6.23. The van der Waals surface area contributed by atoms with E-state index in [1.807, 2.05) is 50.2 Å². The number of hydrogen-bond donors (Lipinski definition) is 0. The van der Waals surface area contributed by atoms with Crippen LogP contribution in [0.1, 0.15) is 11.1 Å². The fourth-order valence-electron chi connectivity index (χ4n) is 2.93. The maximum atomic E-state index is 12.5. The maximum absolute atomic E-state index is 12.5. The van der Waals surface area contributed by atoms with Crippen LogP contribution in [0.3, 0.4) is 0 Å². The van der Waals surface area contributed by atoms with Crippen LogP contribution in [0.4, 0.5) is 0 Å². The molecule has 4 aromatic rings. The zero-order chi connectivity index (χ0) is 18.1. The van der Waals surface area contributed by atoms with Crippen molar-refractivity contribution in [1.29, 1.82) is 0 Å². The molecule has 5 heteroatoms. The number of aromatic nitrogens is 4. The lowest BCUT2D eigenvalue weighted by molar-refractivity contribution is 0.821. The number of para-hydroxylation sites is 1. The summed E-state index contributed by atoms with van der Waals surface area (Å²) in [7, 11) is 0. The summed E-state index contributed by atoms with van der Waals surface area (Å²) in [6.07, 6.45) is 3.37. The van der Waals surface area contributed by atoms with Crippen molar-refractivity contribution >= 4 is 0 Å². The third-order valence-corrected chi connectivity index (χ3v) is 4.31. The Morgan fingerprint density at radius 2 is 1.73 bits per heavy atom. The first-order valence-corrected chi connectivity index (χ1v) is 8.41. The van der Waals surface area contributed by atoms with E-state index in [0.29, 0.717) is 11.4 Å². The highest BCUT2D eigenvalue weighted by atomic mass is 16.1. The van der Waals surface area contributed by atoms with Crippen molar-refractivity contribution in [2.24, 2.45) is 0 Å². The van der Waals surface area contributed by atoms with Crippen molar-refractivity contribution in [3.63, 3.8) is 0 Å². The van der Waals surface area contributed by atoms with Crippen molar-refractivity contribution in [2.45, 2.75) is 13.8 Å². The average Bonchev–Trinajstić information content (AvgIpc) is 3.14. The summed E-state index contributed by atoms with van der Waals surface area (Å²) >= 11 is 0. The van der Waals surface area contributed by atoms with Crippen LogP contribution >= 0.6 is 0 Å². The van der Waals surface area contributed by atoms with Gasteiger partial charge in [0.1, 0.15) is 0 Å². The monoisotopic (exact) mass is 342 g/mol. The topological polar surface area (TPSA) is 52.7 Å². The number of rotatable bonds is 3. The fourth-order valence-corrected chi connectivity index (χ4v) is 2.93. The van der Waals surface area contributed by atoms with Gasteiger partial charge in [-0.05, 0) is 49.2 Å². The molecule has 0 saturated carbocycles. The van der Waals surface area contributed by atoms with E-state index in [-0.39, 0.29) is 5.43 Å². The van der Waals surface area contributed by atoms with Crippen LogP contribution in [0.2, 0.25) is 0 Å². The first-order valence-electron chi connectivity index (χ1n) is 8.41. The molecule has 0 spiro atoms. The molecule has 0 aliphatic carbocycles. The van der Waals surface area contributed by atoms with E-state index in [9.17, 15) is 4.79 Å². The molecule has 0 radical (unpaired) electrons. The lowest BCUT2D eigenvalue weighted by Gasteiger charge is -2.12. The molecule has 0 aliphatic heterocycles. The number of nitrogens with zero attached hydrogens (tertiary/aromatic N) is 4. The summed E-state index contributed by atoms with van der Waals surface area (Å²) in [6.45, 7) is 4.07. The predicted molar refractivity (Wildman–Crippen MR) is 102 cm³/mol. The minimum absolute atomic E-state index is 0.135. The van der Waals surface area contributed by atoms with Gasteiger partial charge in [-0.2, -0.15) is 10.2 Å². The zero-order valence-corrected chi connectivity index (χ0v) is 14.6. The van der Waals surface area contributed by atoms with Gasteiger partial charge in [0, 0.05) is 12.3 Å². The fraction of sp³-hybridized carbons (Fsp3) is 0.0952. The van der Waals surface area contributed by atoms with E-state index in [1.54, 1.807) is 21.8 Å². The smallest absolute Gasteiger partial charge is 0.209 e. The third-order valence-electron chi connectivity index (χ3n) is 4.31. The third kappa shape index (κ3) is 2.84. The van der Waals surface area contributed by atoms with Crippen LogP contribution in [0.25, 0.3) is 22.8 Å². The Labute approximate surface area is 151 Å². The van der Waals surface area contributed by atoms with Gasteiger partial charge < -0.3 is 0 Å². The number of hydrogen-bond acceptors (Lipinski definition) is 3. The standard InChI is InChI=1S/C21H18N4O/c1-15-8-9-16(2)19(14-15)25-18(10-12-22-25)21-20(26)11-13-24(23-21)17-6-4-3-5-7-17/h3-14H,1-2H3. The van der Waals surface area contributed by atoms with Crippen LogP contribution in [0, 0.1) is 13.8 Å². The summed E-state index contributed by atoms with van der Waals surface area (Å²) in [5.74, 6) is 0. The summed E-state index contributed by atoms with van der Waals surface area (Å²) < 4.78 is 3.48. The summed E-state index contributed by atoms with van der Waals surface area (Å²) in [4.78, 5) is 12.5. The van der Waals surface area contributed by atoms with E-state index in [4.69, 9.17) is 0 Å². The molecular formula is C21H18N4O. The van der Waals surface area contributed by atoms with Crippen LogP contribution < -0.4 is 5.43 Å². The highest BCUT2D eigenvalue weighted by Crippen LogP contribution is 2.22. The van der Waals surface area contributed by atoms with E-state index in [2.05, 4.69) is 28.4 Å². The van der Waals surface area contributed by atoms with Crippen LogP contribution in [0.15, 0.2) is 77.9 Å². The van der Waals surface area contributed by atoms with Gasteiger partial charge >= 0.3 is 0 Å². The zero-order valence-electron chi connectivity index (χ0n) is 14.6. The van der Waals surface area contributed by atoms with E-state index >= 15 is 0 Å². The largest absolute Gasteiger partial charge is 0.287 e. The predicted octanol–water partition coefficient (Wildman–Crippen LogP) is 3.70. The summed E-state index contributed by atoms with van der Waals surface area (Å²) in [6, 6.07) is 19.3. The molecule has 2 heterocycles. The minimum Gasteiger partial charge on any atom is -0.287 e. The van der Waals surface area contributed by atoms with Gasteiger partial charge in [0.2, 0.25) is 5.43 Å². The van der Waals surface area contributed by atoms with Gasteiger partial charge in [0.25, 0.3) is 0 Å². The lowest BCUT2D eigenvalue weighted by atomic mass is 10.1. The first-order chi connectivity index (χ1) is 12.6. The Balaban J connectivity index is 1.89. The van der Waals surface area contributed by atoms with Crippen molar-refractivity contribution < 1.29 is 0 Å². The highest BCUT2D eigenvalue weighted by Gasteiger charge is 2.15. The molecule has 4 rings (SSSR count). The molecule has 5 nitrogen and oxygen atoms in total. The van der Waals surface area contributed by atoms with Gasteiger partial charge in [-0.15, -0.1) is 0 Å². The van der Waals surface area contributed by atoms with Gasteiger partial charge in [0.05, 0.1) is 23.3 Å². The van der Waals surface area contributed by atoms with Crippen molar-refractivity contribution in [3.05, 3.63) is 94.4 Å². The van der Waals surface area contributed by atoms with E-state index in [0.717, 1.165) is 22.5 Å². The molecule has 0 amide bonds. The molecule has 0 saturated heterocycles. The van der Waals surface area contributed by atoms with E-state index < -0.39 is 0 Å². The molecule has 2 aromatic carbocycles. The Morgan fingerprint density at radius 3 is 2.54 bits per heavy atom. The lowest BCUT2D eigenvalue weighted by Crippen LogP contribution is -2.15. The van der Waals surface area contributed by atoms with Gasteiger partial charge in [-0.25, -0.2) is 9.36 Å². The molecule has 0 aliphatic rings. The maximum Gasteiger partial charge on any atom is 0.209 e. The second-order valence-corrected chi connectivity index (χ2v) is 6.23. The molecule has 0 bridgehead atoms. The second kappa shape index (κ2) is 6.44. The van der Waals surface area contributed by atoms with Crippen LogP contribution in [-0.2, 0) is 0 Å². The Kier molecular flexibility index (Phi) is 3.97. The number of benzene rings is 2. The molecule has 0 atom stereocenters. The van der Waals surface area contributed by atoms with E-state index in [1.165, 1.54) is 6.07 Å². The normalized spacial score (nSPS) is 10.8. The van der Waals surface area contributed by atoms with Crippen molar-refractivity contribution in [1.82, 2.24) is 19.6 Å². The van der Waals surface area contributed by atoms with Crippen molar-refractivity contribution in [2.75, 3.05) is 0 Å². The molecule has 0 fully saturated rings. The highest BCUT2D eigenvalue weighted by molar-refractivity contribution is 5.58. The molecule has 128 valence electrons. The minimum atomic E-state index is -0.135. The van der Waals surface area contributed by atoms with Gasteiger partial charge in [-0.1, -0.05) is 30.3 Å². The van der Waals surface area contributed by atoms with Crippen LogP contribution in [-0.4, -0.2) is 19.6 Å². The Hall–Kier alpha value is -3.47.